The summed E-state index contributed by atoms with van der Waals surface area (Å²) < 4.78 is 1.20. The fourth-order valence-electron chi connectivity index (χ4n) is 0.877. The van der Waals surface area contributed by atoms with Gasteiger partial charge in [-0.25, -0.2) is 0 Å². The van der Waals surface area contributed by atoms with Gasteiger partial charge in [0, 0.05) is 48.3 Å². The Bertz CT molecular complexity index is 343. The van der Waals surface area contributed by atoms with Gasteiger partial charge in [-0.1, -0.05) is 6.07 Å². The molecule has 0 nitrogen and oxygen atoms in total. The molecule has 0 radical (unpaired) electrons. The van der Waals surface area contributed by atoms with Crippen LogP contribution in [-0.4, -0.2) is 0 Å². The third kappa shape index (κ3) is 3.32. The van der Waals surface area contributed by atoms with E-state index in [0.717, 1.165) is 0 Å². The van der Waals surface area contributed by atoms with E-state index in [-0.39, 0.29) is 39.0 Å². The van der Waals surface area contributed by atoms with E-state index in [0.29, 0.717) is 0 Å². The molecular formula is C8H5BrS2Zn2. The number of rotatable bonds is 1. The van der Waals surface area contributed by atoms with Crippen molar-refractivity contribution in [1.82, 2.24) is 0 Å². The van der Waals surface area contributed by atoms with Crippen molar-refractivity contribution in [2.45, 2.75) is 0 Å². The van der Waals surface area contributed by atoms with Gasteiger partial charge in [0.1, 0.15) is 0 Å². The van der Waals surface area contributed by atoms with E-state index in [1.54, 1.807) is 22.7 Å². The van der Waals surface area contributed by atoms with Crippen molar-refractivity contribution in [3.05, 3.63) is 33.4 Å². The van der Waals surface area contributed by atoms with E-state index in [1.165, 1.54) is 14.2 Å². The molecule has 13 heavy (non-hydrogen) atoms. The van der Waals surface area contributed by atoms with Gasteiger partial charge in [-0.3, -0.25) is 0 Å². The Kier molecular flexibility index (Phi) is 7.15. The Morgan fingerprint density at radius 1 is 1.00 bits per heavy atom. The van der Waals surface area contributed by atoms with Crippen LogP contribution in [0.3, 0.4) is 0 Å². The molecule has 0 aliphatic rings. The zero-order valence-corrected chi connectivity index (χ0v) is 16.1. The van der Waals surface area contributed by atoms with Crippen LogP contribution in [0, 0.1) is 0 Å². The quantitative estimate of drug-likeness (QED) is 0.654. The predicted molar refractivity (Wildman–Crippen MR) is 55.3 cm³/mol. The Labute approximate surface area is 119 Å². The smallest absolute Gasteiger partial charge is 0.0584 e. The number of thiophene rings is 2. The van der Waals surface area contributed by atoms with Gasteiger partial charge in [-0.2, -0.15) is 0 Å². The summed E-state index contributed by atoms with van der Waals surface area (Å²) in [6.45, 7) is 0. The summed E-state index contributed by atoms with van der Waals surface area (Å²) in [4.78, 5) is 2.67. The van der Waals surface area contributed by atoms with Gasteiger partial charge < -0.3 is 0 Å². The van der Waals surface area contributed by atoms with Crippen LogP contribution in [0.5, 0.6) is 0 Å². The molecule has 0 spiro atoms. The summed E-state index contributed by atoms with van der Waals surface area (Å²) in [5, 5.41) is 4.20. The van der Waals surface area contributed by atoms with Gasteiger partial charge in [-0.15, -0.1) is 22.7 Å². The Morgan fingerprint density at radius 3 is 2.23 bits per heavy atom. The van der Waals surface area contributed by atoms with Crippen LogP contribution in [0.25, 0.3) is 9.75 Å². The summed E-state index contributed by atoms with van der Waals surface area (Å²) in [6, 6.07) is 6.30. The molecule has 0 N–H and O–H groups in total. The molecule has 0 saturated carbocycles. The first-order chi connectivity index (χ1) is 5.38. The van der Waals surface area contributed by atoms with Crippen LogP contribution in [-0.2, 0) is 39.0 Å². The average Bonchev–Trinajstić information content (AvgIpc) is 2.55. The van der Waals surface area contributed by atoms with Gasteiger partial charge >= 0.3 is 0 Å². The Balaban J connectivity index is 0.000000720. The topological polar surface area (TPSA) is 0 Å². The standard InChI is InChI=1S/C8H5BrS2.2Zn/c9-6-3-5-11-8(6)7-2-1-4-10-7;;/h1-5H;;. The molecule has 2 rings (SSSR count). The van der Waals surface area contributed by atoms with E-state index in [2.05, 4.69) is 44.9 Å². The van der Waals surface area contributed by atoms with Crippen molar-refractivity contribution in [3.8, 4) is 9.75 Å². The number of hydrogen-bond donors (Lipinski definition) is 0. The zero-order valence-electron chi connectivity index (χ0n) is 7.00. The van der Waals surface area contributed by atoms with Crippen molar-refractivity contribution in [2.75, 3.05) is 0 Å². The number of halogens is 1. The van der Waals surface area contributed by atoms with Crippen molar-refractivity contribution in [2.24, 2.45) is 0 Å². The monoisotopic (exact) mass is 372 g/mol. The maximum absolute atomic E-state index is 3.50. The summed E-state index contributed by atoms with van der Waals surface area (Å²) >= 11 is 7.05. The van der Waals surface area contributed by atoms with Crippen molar-refractivity contribution < 1.29 is 39.0 Å². The fourth-order valence-corrected chi connectivity index (χ4v) is 3.48. The third-order valence-corrected chi connectivity index (χ3v) is 4.25. The molecule has 2 aromatic rings. The van der Waals surface area contributed by atoms with Gasteiger partial charge in [0.2, 0.25) is 0 Å². The molecule has 2 aromatic heterocycles. The Hall–Kier alpha value is 1.13. The first-order valence-corrected chi connectivity index (χ1v) is 5.70. The zero-order chi connectivity index (χ0) is 7.68. The first kappa shape index (κ1) is 14.1. The SMILES string of the molecule is Brc1ccsc1-c1cccs1.[Zn].[Zn]. The molecule has 0 aromatic carbocycles. The van der Waals surface area contributed by atoms with Crippen LogP contribution >= 0.6 is 38.6 Å². The average molecular weight is 376 g/mol. The minimum atomic E-state index is 0. The molecule has 0 unspecified atom stereocenters. The maximum Gasteiger partial charge on any atom is 0.0584 e. The van der Waals surface area contributed by atoms with Crippen LogP contribution < -0.4 is 0 Å². The minimum absolute atomic E-state index is 0. The molecular weight excluding hydrogens is 371 g/mol. The van der Waals surface area contributed by atoms with Crippen LogP contribution in [0.4, 0.5) is 0 Å². The van der Waals surface area contributed by atoms with E-state index >= 15 is 0 Å². The summed E-state index contributed by atoms with van der Waals surface area (Å²) in [7, 11) is 0. The summed E-state index contributed by atoms with van der Waals surface area (Å²) in [5.74, 6) is 0. The van der Waals surface area contributed by atoms with E-state index < -0.39 is 0 Å². The van der Waals surface area contributed by atoms with Gasteiger partial charge in [0.25, 0.3) is 0 Å². The van der Waals surface area contributed by atoms with Crippen LogP contribution in [0.15, 0.2) is 33.4 Å². The van der Waals surface area contributed by atoms with Crippen molar-refractivity contribution >= 4 is 38.6 Å². The molecule has 60 valence electrons. The summed E-state index contributed by atoms with van der Waals surface area (Å²) in [6.07, 6.45) is 0. The molecule has 0 amide bonds. The van der Waals surface area contributed by atoms with E-state index in [1.807, 2.05) is 0 Å². The molecule has 0 aliphatic heterocycles. The first-order valence-electron chi connectivity index (χ1n) is 3.15. The summed E-state index contributed by atoms with van der Waals surface area (Å²) in [5.41, 5.74) is 0. The fraction of sp³-hybridized carbons (Fsp3) is 0. The second-order valence-electron chi connectivity index (χ2n) is 2.07. The molecule has 0 saturated heterocycles. The minimum Gasteiger partial charge on any atom is -0.143 e. The van der Waals surface area contributed by atoms with Crippen LogP contribution in [0.1, 0.15) is 0 Å². The Morgan fingerprint density at radius 2 is 1.77 bits per heavy atom. The predicted octanol–water partition coefficient (Wildman–Crippen LogP) is 4.23. The largest absolute Gasteiger partial charge is 0.143 e. The van der Waals surface area contributed by atoms with Crippen molar-refractivity contribution in [3.63, 3.8) is 0 Å². The molecule has 0 fully saturated rings. The second-order valence-corrected chi connectivity index (χ2v) is 4.79. The molecule has 0 bridgehead atoms. The number of hydrogen-bond acceptors (Lipinski definition) is 2. The van der Waals surface area contributed by atoms with E-state index in [9.17, 15) is 0 Å². The van der Waals surface area contributed by atoms with Gasteiger partial charge in [0.05, 0.1) is 4.88 Å². The molecule has 0 atom stereocenters. The third-order valence-electron chi connectivity index (χ3n) is 1.36. The normalized spacial score (nSPS) is 8.69. The molecule has 5 heteroatoms. The molecule has 0 aliphatic carbocycles. The van der Waals surface area contributed by atoms with Gasteiger partial charge in [0.15, 0.2) is 0 Å². The van der Waals surface area contributed by atoms with E-state index in [4.69, 9.17) is 0 Å². The maximum atomic E-state index is 3.50. The van der Waals surface area contributed by atoms with Crippen LogP contribution in [0.2, 0.25) is 0 Å². The van der Waals surface area contributed by atoms with Gasteiger partial charge in [-0.05, 0) is 38.8 Å². The second kappa shape index (κ2) is 6.58. The van der Waals surface area contributed by atoms with Crippen molar-refractivity contribution in [1.29, 1.82) is 0 Å². The molecule has 2 heterocycles.